The minimum absolute atomic E-state index is 0.0792. The van der Waals surface area contributed by atoms with E-state index in [1.54, 1.807) is 0 Å². The second-order valence-electron chi connectivity index (χ2n) is 12.4. The Kier molecular flexibility index (Phi) is 14.7. The molecule has 3 amide bonds. The third-order valence-corrected chi connectivity index (χ3v) is 8.94. The number of rotatable bonds is 19. The minimum Gasteiger partial charge on any atom is -0.368 e. The molecule has 2 rings (SSSR count). The molecule has 1 aromatic heterocycles. The molecular formula is C32H52N6O4S. The summed E-state index contributed by atoms with van der Waals surface area (Å²) in [6.45, 7) is 12.5. The Labute approximate surface area is 260 Å². The Morgan fingerprint density at radius 3 is 2.28 bits per heavy atom. The van der Waals surface area contributed by atoms with Crippen molar-refractivity contribution in [3.05, 3.63) is 28.8 Å². The first-order valence-corrected chi connectivity index (χ1v) is 16.4. The molecule has 2 aromatic rings. The van der Waals surface area contributed by atoms with E-state index in [2.05, 4.69) is 41.6 Å². The predicted molar refractivity (Wildman–Crippen MR) is 173 cm³/mol. The minimum atomic E-state index is -0.888. The first kappa shape index (κ1) is 36.3. The first-order valence-electron chi connectivity index (χ1n) is 15.5. The van der Waals surface area contributed by atoms with Gasteiger partial charge in [0.1, 0.15) is 6.04 Å². The molecule has 5 atom stereocenters. The van der Waals surface area contributed by atoms with Gasteiger partial charge in [-0.2, -0.15) is 0 Å². The van der Waals surface area contributed by atoms with E-state index in [0.717, 1.165) is 15.2 Å². The highest BCUT2D eigenvalue weighted by Crippen LogP contribution is 2.27. The zero-order valence-electron chi connectivity index (χ0n) is 26.7. The summed E-state index contributed by atoms with van der Waals surface area (Å²) < 4.78 is 1.05. The maximum absolute atomic E-state index is 13.6. The summed E-state index contributed by atoms with van der Waals surface area (Å²) in [5, 5.41) is 6.39. The Bertz CT molecular complexity index is 1230. The lowest BCUT2D eigenvalue weighted by atomic mass is 9.87. The van der Waals surface area contributed by atoms with Crippen LogP contribution in [-0.2, 0) is 25.6 Å². The molecule has 1 heterocycles. The van der Waals surface area contributed by atoms with Crippen molar-refractivity contribution in [1.82, 2.24) is 15.6 Å². The lowest BCUT2D eigenvalue weighted by molar-refractivity contribution is -0.134. The predicted octanol–water partition coefficient (Wildman–Crippen LogP) is 3.54. The first-order chi connectivity index (χ1) is 20.3. The third-order valence-electron chi connectivity index (χ3n) is 7.90. The number of nitrogens with one attached hydrogen (secondary N) is 2. The van der Waals surface area contributed by atoms with Crippen LogP contribution in [0.4, 0.5) is 0 Å². The van der Waals surface area contributed by atoms with E-state index in [9.17, 15) is 19.2 Å². The van der Waals surface area contributed by atoms with Gasteiger partial charge in [-0.15, -0.1) is 11.3 Å². The van der Waals surface area contributed by atoms with Gasteiger partial charge in [-0.25, -0.2) is 4.98 Å². The third kappa shape index (κ3) is 11.3. The number of benzene rings is 1. The number of hydrogen-bond acceptors (Lipinski definition) is 8. The summed E-state index contributed by atoms with van der Waals surface area (Å²) in [5.74, 6) is -1.99. The SMILES string of the molecule is CC[C@H](C)[C@H](NC(=O)[C@@H](N)Cc1nc2ccc(C(C)C)cc2s1)C(=O)C[C@@H](CCCCN)C(=O)N[C@@H](CC(C)C)C(N)=O. The van der Waals surface area contributed by atoms with Crippen LogP contribution < -0.4 is 27.8 Å². The number of aromatic nitrogens is 1. The highest BCUT2D eigenvalue weighted by molar-refractivity contribution is 7.18. The van der Waals surface area contributed by atoms with Crippen molar-refractivity contribution in [2.45, 2.75) is 111 Å². The van der Waals surface area contributed by atoms with Crippen LogP contribution in [0.15, 0.2) is 18.2 Å². The molecule has 0 radical (unpaired) electrons. The zero-order chi connectivity index (χ0) is 32.3. The van der Waals surface area contributed by atoms with E-state index in [4.69, 9.17) is 17.2 Å². The molecule has 0 aliphatic rings. The summed E-state index contributed by atoms with van der Waals surface area (Å²) >= 11 is 1.52. The van der Waals surface area contributed by atoms with Gasteiger partial charge < -0.3 is 27.8 Å². The van der Waals surface area contributed by atoms with Gasteiger partial charge in [-0.1, -0.05) is 60.5 Å². The molecule has 0 saturated heterocycles. The highest BCUT2D eigenvalue weighted by Gasteiger charge is 2.33. The van der Waals surface area contributed by atoms with Gasteiger partial charge in [-0.3, -0.25) is 19.2 Å². The largest absolute Gasteiger partial charge is 0.368 e. The Morgan fingerprint density at radius 1 is 1.00 bits per heavy atom. The summed E-state index contributed by atoms with van der Waals surface area (Å²) in [4.78, 5) is 56.8. The van der Waals surface area contributed by atoms with Gasteiger partial charge >= 0.3 is 0 Å². The molecule has 10 nitrogen and oxygen atoms in total. The van der Waals surface area contributed by atoms with Crippen LogP contribution in [0.3, 0.4) is 0 Å². The van der Waals surface area contributed by atoms with E-state index >= 15 is 0 Å². The van der Waals surface area contributed by atoms with Crippen molar-refractivity contribution >= 4 is 45.1 Å². The van der Waals surface area contributed by atoms with Gasteiger partial charge in [0.05, 0.1) is 27.3 Å². The number of nitrogens with two attached hydrogens (primary N) is 3. The molecule has 0 spiro atoms. The number of carbonyl (C=O) groups excluding carboxylic acids is 4. The average molecular weight is 617 g/mol. The molecule has 43 heavy (non-hydrogen) atoms. The van der Waals surface area contributed by atoms with Crippen LogP contribution in [0, 0.1) is 17.8 Å². The Hall–Kier alpha value is -2.89. The number of nitrogens with zero attached hydrogens (tertiary/aromatic N) is 1. The van der Waals surface area contributed by atoms with Crippen molar-refractivity contribution in [1.29, 1.82) is 0 Å². The number of carbonyl (C=O) groups is 4. The van der Waals surface area contributed by atoms with Crippen molar-refractivity contribution < 1.29 is 19.2 Å². The van der Waals surface area contributed by atoms with Crippen LogP contribution in [-0.4, -0.2) is 53.2 Å². The highest BCUT2D eigenvalue weighted by atomic mass is 32.1. The van der Waals surface area contributed by atoms with Gasteiger partial charge in [0.2, 0.25) is 17.7 Å². The summed E-state index contributed by atoms with van der Waals surface area (Å²) in [7, 11) is 0. The van der Waals surface area contributed by atoms with Gasteiger partial charge in [0.15, 0.2) is 5.78 Å². The number of Topliss-reactive ketones (excluding diaryl/α,β-unsaturated/α-hetero) is 1. The van der Waals surface area contributed by atoms with Crippen molar-refractivity contribution in [2.75, 3.05) is 6.54 Å². The monoisotopic (exact) mass is 616 g/mol. The summed E-state index contributed by atoms with van der Waals surface area (Å²) in [6.07, 6.45) is 3.00. The second kappa shape index (κ2) is 17.4. The molecule has 0 unspecified atom stereocenters. The maximum Gasteiger partial charge on any atom is 0.240 e. The fraction of sp³-hybridized carbons (Fsp3) is 0.656. The molecule has 240 valence electrons. The number of amides is 3. The van der Waals surface area contributed by atoms with E-state index < -0.39 is 41.8 Å². The molecule has 0 aliphatic carbocycles. The van der Waals surface area contributed by atoms with Crippen molar-refractivity contribution in [3.8, 4) is 0 Å². The normalized spacial score (nSPS) is 15.2. The molecule has 0 saturated carbocycles. The van der Waals surface area contributed by atoms with Crippen LogP contribution >= 0.6 is 11.3 Å². The molecular weight excluding hydrogens is 564 g/mol. The van der Waals surface area contributed by atoms with Crippen LogP contribution in [0.5, 0.6) is 0 Å². The van der Waals surface area contributed by atoms with E-state index in [1.807, 2.05) is 33.8 Å². The molecule has 8 N–H and O–H groups in total. The Morgan fingerprint density at radius 2 is 1.70 bits per heavy atom. The zero-order valence-corrected chi connectivity index (χ0v) is 27.5. The smallest absolute Gasteiger partial charge is 0.240 e. The lowest BCUT2D eigenvalue weighted by Gasteiger charge is -2.27. The fourth-order valence-electron chi connectivity index (χ4n) is 4.99. The van der Waals surface area contributed by atoms with Crippen LogP contribution in [0.25, 0.3) is 10.2 Å². The number of unbranched alkanes of at least 4 members (excludes halogenated alkanes) is 1. The summed E-state index contributed by atoms with van der Waals surface area (Å²) in [5.41, 5.74) is 19.6. The lowest BCUT2D eigenvalue weighted by Crippen LogP contribution is -2.52. The van der Waals surface area contributed by atoms with Crippen molar-refractivity contribution in [3.63, 3.8) is 0 Å². The van der Waals surface area contributed by atoms with E-state index in [0.29, 0.717) is 44.6 Å². The second-order valence-corrected chi connectivity index (χ2v) is 13.5. The maximum atomic E-state index is 13.6. The van der Waals surface area contributed by atoms with E-state index in [1.165, 1.54) is 16.9 Å². The quantitative estimate of drug-likeness (QED) is 0.150. The van der Waals surface area contributed by atoms with E-state index in [-0.39, 0.29) is 30.5 Å². The Balaban J connectivity index is 2.15. The molecule has 0 aliphatic heterocycles. The number of ketones is 1. The average Bonchev–Trinajstić information content (AvgIpc) is 3.35. The molecule has 0 fully saturated rings. The van der Waals surface area contributed by atoms with Gasteiger partial charge in [0.25, 0.3) is 0 Å². The topological polar surface area (TPSA) is 183 Å². The molecule has 1 aromatic carbocycles. The standard InChI is InChI=1S/C32H52N6O4S/c1-7-20(6)29(26(39)15-22(10-8-9-13-33)31(41)37-25(30(35)40)14-18(2)3)38-32(42)23(34)17-28-36-24-12-11-21(19(4)5)16-27(24)43-28/h11-12,16,18-20,22-23,25,29H,7-10,13-15,17,33-34H2,1-6H3,(H2,35,40)(H,37,41)(H,38,42)/t20-,22+,23-,25-,29-/m0/s1. The number of primary amides is 1. The van der Waals surface area contributed by atoms with Gasteiger partial charge in [-0.05, 0) is 61.3 Å². The number of fused-ring (bicyclic) bond motifs is 1. The van der Waals surface area contributed by atoms with Crippen LogP contribution in [0.2, 0.25) is 0 Å². The van der Waals surface area contributed by atoms with Crippen LogP contribution in [0.1, 0.15) is 96.6 Å². The fourth-order valence-corrected chi connectivity index (χ4v) is 6.06. The van der Waals surface area contributed by atoms with Gasteiger partial charge in [0, 0.05) is 18.8 Å². The number of thiazole rings is 1. The number of hydrogen-bond donors (Lipinski definition) is 5. The van der Waals surface area contributed by atoms with Crippen molar-refractivity contribution in [2.24, 2.45) is 35.0 Å². The molecule has 0 bridgehead atoms. The molecule has 11 heteroatoms. The summed E-state index contributed by atoms with van der Waals surface area (Å²) in [6, 6.07) is 3.66.